The van der Waals surface area contributed by atoms with Crippen molar-refractivity contribution in [3.05, 3.63) is 58.6 Å². The lowest BCUT2D eigenvalue weighted by Crippen LogP contribution is -2.05. The molecule has 0 radical (unpaired) electrons. The van der Waals surface area contributed by atoms with Crippen molar-refractivity contribution in [1.82, 2.24) is 0 Å². The van der Waals surface area contributed by atoms with E-state index in [0.29, 0.717) is 27.5 Å². The van der Waals surface area contributed by atoms with E-state index in [2.05, 4.69) is 0 Å². The molecule has 2 rings (SSSR count). The van der Waals surface area contributed by atoms with Crippen LogP contribution in [-0.4, -0.2) is 5.78 Å². The van der Waals surface area contributed by atoms with E-state index >= 15 is 0 Å². The van der Waals surface area contributed by atoms with E-state index in [9.17, 15) is 4.79 Å². The Kier molecular flexibility index (Phi) is 3.02. The van der Waals surface area contributed by atoms with Gasteiger partial charge >= 0.3 is 0 Å². The third-order valence-electron chi connectivity index (χ3n) is 2.43. The van der Waals surface area contributed by atoms with E-state index in [1.165, 1.54) is 0 Å². The van der Waals surface area contributed by atoms with Crippen LogP contribution in [0.25, 0.3) is 0 Å². The van der Waals surface area contributed by atoms with Gasteiger partial charge in [-0.25, -0.2) is 0 Å². The summed E-state index contributed by atoms with van der Waals surface area (Å²) >= 11 is 5.76. The molecule has 0 aliphatic heterocycles. The minimum absolute atomic E-state index is 0.140. The summed E-state index contributed by atoms with van der Waals surface area (Å²) in [5.41, 5.74) is 13.2. The average molecular weight is 247 g/mol. The lowest BCUT2D eigenvalue weighted by molar-refractivity contribution is 0.103. The number of anilines is 2. The van der Waals surface area contributed by atoms with Crippen molar-refractivity contribution in [2.75, 3.05) is 11.5 Å². The highest BCUT2D eigenvalue weighted by atomic mass is 35.5. The number of carbonyl (C=O) groups excluding carboxylic acids is 1. The van der Waals surface area contributed by atoms with E-state index in [1.807, 2.05) is 0 Å². The number of hydrogen-bond acceptors (Lipinski definition) is 3. The van der Waals surface area contributed by atoms with Gasteiger partial charge in [0.2, 0.25) is 0 Å². The van der Waals surface area contributed by atoms with Gasteiger partial charge in [-0.2, -0.15) is 0 Å². The smallest absolute Gasteiger partial charge is 0.195 e. The second kappa shape index (κ2) is 4.47. The lowest BCUT2D eigenvalue weighted by atomic mass is 10.0. The predicted molar refractivity (Wildman–Crippen MR) is 70.2 cm³/mol. The molecule has 0 atom stereocenters. The molecule has 4 N–H and O–H groups in total. The van der Waals surface area contributed by atoms with Crippen LogP contribution >= 0.6 is 11.6 Å². The van der Waals surface area contributed by atoms with Crippen LogP contribution in [0.1, 0.15) is 15.9 Å². The van der Waals surface area contributed by atoms with E-state index in [-0.39, 0.29) is 5.78 Å². The van der Waals surface area contributed by atoms with Crippen molar-refractivity contribution in [3.63, 3.8) is 0 Å². The summed E-state index contributed by atoms with van der Waals surface area (Å²) in [7, 11) is 0. The Morgan fingerprint density at radius 2 is 1.65 bits per heavy atom. The van der Waals surface area contributed by atoms with Gasteiger partial charge in [-0.15, -0.1) is 0 Å². The van der Waals surface area contributed by atoms with Crippen molar-refractivity contribution in [3.8, 4) is 0 Å². The minimum Gasteiger partial charge on any atom is -0.399 e. The first-order valence-electron chi connectivity index (χ1n) is 5.03. The Balaban J connectivity index is 2.40. The molecule has 0 saturated carbocycles. The number of ketones is 1. The quantitative estimate of drug-likeness (QED) is 0.632. The van der Waals surface area contributed by atoms with Crippen LogP contribution in [0.2, 0.25) is 5.02 Å². The Bertz CT molecular complexity index is 564. The van der Waals surface area contributed by atoms with Crippen molar-refractivity contribution < 1.29 is 4.79 Å². The molecular weight excluding hydrogens is 236 g/mol. The van der Waals surface area contributed by atoms with Gasteiger partial charge in [0.1, 0.15) is 0 Å². The molecule has 0 aliphatic rings. The maximum Gasteiger partial charge on any atom is 0.195 e. The first-order valence-corrected chi connectivity index (χ1v) is 5.41. The summed E-state index contributed by atoms with van der Waals surface area (Å²) in [5.74, 6) is -0.140. The summed E-state index contributed by atoms with van der Waals surface area (Å²) < 4.78 is 0. The molecule has 0 fully saturated rings. The predicted octanol–water partition coefficient (Wildman–Crippen LogP) is 2.74. The molecule has 0 aliphatic carbocycles. The van der Waals surface area contributed by atoms with Crippen LogP contribution < -0.4 is 11.5 Å². The molecule has 4 heteroatoms. The highest BCUT2D eigenvalue weighted by Gasteiger charge is 2.12. The molecule has 0 amide bonds. The third kappa shape index (κ3) is 2.40. The van der Waals surface area contributed by atoms with Crippen LogP contribution in [0.3, 0.4) is 0 Å². The summed E-state index contributed by atoms with van der Waals surface area (Å²) in [4.78, 5) is 12.1. The van der Waals surface area contributed by atoms with Gasteiger partial charge in [-0.05, 0) is 42.5 Å². The standard InChI is InChI=1S/C13H11ClN2O/c14-9-3-1-8(2-4-9)13(17)11-6-5-10(15)7-12(11)16/h1-7H,15-16H2. The molecule has 2 aromatic carbocycles. The summed E-state index contributed by atoms with van der Waals surface area (Å²) in [6.45, 7) is 0. The molecule has 86 valence electrons. The summed E-state index contributed by atoms with van der Waals surface area (Å²) in [6.07, 6.45) is 0. The highest BCUT2D eigenvalue weighted by Crippen LogP contribution is 2.20. The maximum absolute atomic E-state index is 12.1. The average Bonchev–Trinajstić information content (AvgIpc) is 2.29. The van der Waals surface area contributed by atoms with Crippen LogP contribution in [-0.2, 0) is 0 Å². The zero-order valence-electron chi connectivity index (χ0n) is 8.98. The van der Waals surface area contributed by atoms with Gasteiger partial charge in [0.05, 0.1) is 0 Å². The van der Waals surface area contributed by atoms with Gasteiger partial charge < -0.3 is 11.5 Å². The largest absolute Gasteiger partial charge is 0.399 e. The van der Waals surface area contributed by atoms with Crippen molar-refractivity contribution in [2.45, 2.75) is 0 Å². The Morgan fingerprint density at radius 3 is 2.24 bits per heavy atom. The number of hydrogen-bond donors (Lipinski definition) is 2. The fourth-order valence-electron chi connectivity index (χ4n) is 1.54. The Morgan fingerprint density at radius 1 is 1.00 bits per heavy atom. The molecule has 0 saturated heterocycles. The van der Waals surface area contributed by atoms with Crippen LogP contribution in [0.15, 0.2) is 42.5 Å². The Hall–Kier alpha value is -2.00. The summed E-state index contributed by atoms with van der Waals surface area (Å²) in [6, 6.07) is 11.5. The molecule has 0 heterocycles. The van der Waals surface area contributed by atoms with Crippen molar-refractivity contribution >= 4 is 28.8 Å². The van der Waals surface area contributed by atoms with Crippen LogP contribution in [0.4, 0.5) is 11.4 Å². The van der Waals surface area contributed by atoms with E-state index in [4.69, 9.17) is 23.1 Å². The van der Waals surface area contributed by atoms with Crippen LogP contribution in [0, 0.1) is 0 Å². The highest BCUT2D eigenvalue weighted by molar-refractivity contribution is 6.30. The van der Waals surface area contributed by atoms with E-state index < -0.39 is 0 Å². The first-order chi connectivity index (χ1) is 8.08. The maximum atomic E-state index is 12.1. The number of nitrogens with two attached hydrogens (primary N) is 2. The van der Waals surface area contributed by atoms with E-state index in [0.717, 1.165) is 0 Å². The Labute approximate surface area is 104 Å². The van der Waals surface area contributed by atoms with Gasteiger partial charge in [0, 0.05) is 27.5 Å². The molecule has 3 nitrogen and oxygen atoms in total. The summed E-state index contributed by atoms with van der Waals surface area (Å²) in [5, 5.41) is 0.590. The zero-order valence-corrected chi connectivity index (χ0v) is 9.74. The first kappa shape index (κ1) is 11.5. The normalized spacial score (nSPS) is 10.2. The minimum atomic E-state index is -0.140. The van der Waals surface area contributed by atoms with Crippen molar-refractivity contribution in [2.24, 2.45) is 0 Å². The molecule has 0 bridgehead atoms. The SMILES string of the molecule is Nc1ccc(C(=O)c2ccc(Cl)cc2)c(N)c1. The number of halogens is 1. The monoisotopic (exact) mass is 246 g/mol. The number of carbonyl (C=O) groups is 1. The molecular formula is C13H11ClN2O. The topological polar surface area (TPSA) is 69.1 Å². The fourth-order valence-corrected chi connectivity index (χ4v) is 1.67. The number of benzene rings is 2. The van der Waals surface area contributed by atoms with Crippen molar-refractivity contribution in [1.29, 1.82) is 0 Å². The van der Waals surface area contributed by atoms with Gasteiger partial charge in [-0.1, -0.05) is 11.6 Å². The molecule has 2 aromatic rings. The van der Waals surface area contributed by atoms with Crippen LogP contribution in [0.5, 0.6) is 0 Å². The zero-order chi connectivity index (χ0) is 12.4. The second-order valence-electron chi connectivity index (χ2n) is 3.68. The number of nitrogen functional groups attached to an aromatic ring is 2. The molecule has 0 spiro atoms. The van der Waals surface area contributed by atoms with Gasteiger partial charge in [0.15, 0.2) is 5.78 Å². The van der Waals surface area contributed by atoms with Gasteiger partial charge in [-0.3, -0.25) is 4.79 Å². The molecule has 17 heavy (non-hydrogen) atoms. The molecule has 0 unspecified atom stereocenters. The lowest BCUT2D eigenvalue weighted by Gasteiger charge is -2.05. The fraction of sp³-hybridized carbons (Fsp3) is 0. The second-order valence-corrected chi connectivity index (χ2v) is 4.12. The number of rotatable bonds is 2. The van der Waals surface area contributed by atoms with E-state index in [1.54, 1.807) is 42.5 Å². The molecule has 0 aromatic heterocycles. The van der Waals surface area contributed by atoms with Gasteiger partial charge in [0.25, 0.3) is 0 Å². The third-order valence-corrected chi connectivity index (χ3v) is 2.68.